The van der Waals surface area contributed by atoms with E-state index in [1.807, 2.05) is 0 Å². The number of rotatable bonds is 12. The molecule has 0 atom stereocenters. The predicted octanol–water partition coefficient (Wildman–Crippen LogP) is 23.6. The van der Waals surface area contributed by atoms with Crippen LogP contribution in [0.5, 0.6) is 0 Å². The molecule has 0 saturated heterocycles. The summed E-state index contributed by atoms with van der Waals surface area (Å²) >= 11 is 0. The van der Waals surface area contributed by atoms with Crippen LogP contribution in [-0.2, 0) is 46.1 Å². The van der Waals surface area contributed by atoms with Crippen molar-refractivity contribution in [2.24, 2.45) is 0 Å². The number of benzene rings is 12. The Kier molecular flexibility index (Phi) is 14.9. The molecule has 0 amide bonds. The van der Waals surface area contributed by atoms with Crippen LogP contribution < -0.4 is 9.97 Å². The van der Waals surface area contributed by atoms with Crippen molar-refractivity contribution in [3.63, 3.8) is 0 Å². The van der Waals surface area contributed by atoms with Gasteiger partial charge in [-0.05, 0) is 206 Å². The number of aryl methyl sites for hydroxylation is 4. The minimum Gasteiger partial charge on any atom is -0.656 e. The Morgan fingerprint density at radius 3 is 0.634 bits per heavy atom. The fraction of sp³-hybridized carbons (Fsp3) is 0.136. The van der Waals surface area contributed by atoms with Crippen molar-refractivity contribution >= 4 is 86.7 Å². The first-order valence-corrected chi connectivity index (χ1v) is 33.2. The van der Waals surface area contributed by atoms with Crippen molar-refractivity contribution < 1.29 is 20.4 Å². The van der Waals surface area contributed by atoms with Gasteiger partial charge in [-0.3, -0.25) is 0 Å². The third-order valence-corrected chi connectivity index (χ3v) is 19.5. The molecule has 2 aromatic heterocycles. The van der Waals surface area contributed by atoms with E-state index < -0.39 is 0 Å². The Bertz CT molecular complexity index is 4960. The Morgan fingerprint density at radius 1 is 0.247 bits per heavy atom. The topological polar surface area (TPSA) is 54.0 Å². The molecule has 12 aromatic carbocycles. The summed E-state index contributed by atoms with van der Waals surface area (Å²) in [6.07, 6.45) is 8.16. The van der Waals surface area contributed by atoms with Crippen LogP contribution in [0.25, 0.3) is 176 Å². The molecule has 1 aliphatic carbocycles. The van der Waals surface area contributed by atoms with E-state index in [0.717, 1.165) is 228 Å². The molecule has 4 nitrogen and oxygen atoms in total. The number of fused-ring (bicyclic) bond motifs is 4. The second kappa shape index (κ2) is 23.9. The van der Waals surface area contributed by atoms with Gasteiger partial charge in [0, 0.05) is 22.3 Å². The zero-order chi connectivity index (χ0) is 61.6. The van der Waals surface area contributed by atoms with Gasteiger partial charge in [-0.1, -0.05) is 248 Å². The molecule has 4 heterocycles. The van der Waals surface area contributed by atoms with E-state index >= 15 is 0 Å². The molecule has 0 saturated carbocycles. The van der Waals surface area contributed by atoms with E-state index in [1.165, 1.54) is 22.3 Å². The molecule has 17 rings (SSSR count). The molecule has 14 aromatic rings. The number of hydrogen-bond donors (Lipinski definition) is 0. The standard InChI is InChI=1S/C88H68N4.Pd/c1-5-17-53-29-37-57(38-30-53)77-81-69-45-61-21-9-11-23-63(61)47-71(69)83(89-81)78(58-39-31-54(18-6-2)32-40-58)85-73-49-65-25-13-15-27-67(65)51-75(73)87(91-85)80(60-43-35-56(20-8-4)36-44-60)88-76-52-68-28-16-14-26-66(68)50-74(76)86(92-88)79(59-41-33-55(19-7-3)34-42-59)84-72-48-64-24-12-10-22-62(64)46-70(72)82(77)90-84;/h9-16,21-52H,5-8,17-20H2,1-4H3;/q-2;+2. The smallest absolute Gasteiger partial charge is 0.656 e. The van der Waals surface area contributed by atoms with Gasteiger partial charge in [-0.15, -0.1) is 22.1 Å². The second-order valence-electron chi connectivity index (χ2n) is 25.5. The molecule has 0 fully saturated rings. The van der Waals surface area contributed by atoms with Gasteiger partial charge in [0.05, 0.1) is 22.8 Å². The molecule has 0 unspecified atom stereocenters. The minimum absolute atomic E-state index is 0. The Hall–Kier alpha value is -10.0. The van der Waals surface area contributed by atoms with Crippen molar-refractivity contribution in [2.75, 3.05) is 0 Å². The first kappa shape index (κ1) is 58.1. The fourth-order valence-corrected chi connectivity index (χ4v) is 15.0. The maximum Gasteiger partial charge on any atom is 2.00 e. The zero-order valence-corrected chi connectivity index (χ0v) is 54.4. The predicted molar refractivity (Wildman–Crippen MR) is 391 cm³/mol. The van der Waals surface area contributed by atoms with Gasteiger partial charge >= 0.3 is 20.4 Å². The van der Waals surface area contributed by atoms with Crippen molar-refractivity contribution in [3.8, 4) is 89.5 Å². The summed E-state index contributed by atoms with van der Waals surface area (Å²) in [5.41, 5.74) is 24.7. The van der Waals surface area contributed by atoms with Gasteiger partial charge in [-0.2, -0.15) is 0 Å². The summed E-state index contributed by atoms with van der Waals surface area (Å²) < 4.78 is 0. The molecule has 2 aliphatic heterocycles. The van der Waals surface area contributed by atoms with Crippen LogP contribution in [0.2, 0.25) is 0 Å². The van der Waals surface area contributed by atoms with Gasteiger partial charge in [0.25, 0.3) is 0 Å². The monoisotopic (exact) mass is 1290 g/mol. The van der Waals surface area contributed by atoms with Crippen LogP contribution >= 0.6 is 0 Å². The molecule has 0 spiro atoms. The molecule has 0 radical (unpaired) electrons. The van der Waals surface area contributed by atoms with Crippen molar-refractivity contribution in [3.05, 3.63) is 265 Å². The van der Waals surface area contributed by atoms with Gasteiger partial charge in [0.2, 0.25) is 0 Å². The summed E-state index contributed by atoms with van der Waals surface area (Å²) in [4.78, 5) is 25.2. The number of hydrogen-bond acceptors (Lipinski definition) is 2. The van der Waals surface area contributed by atoms with E-state index in [0.29, 0.717) is 0 Å². The normalized spacial score (nSPS) is 11.9. The molecule has 0 N–H and O–H groups in total. The van der Waals surface area contributed by atoms with Gasteiger partial charge in [0.15, 0.2) is 0 Å². The third-order valence-electron chi connectivity index (χ3n) is 19.5. The molecular weight excluding hydrogens is 1220 g/mol. The van der Waals surface area contributed by atoms with E-state index in [9.17, 15) is 0 Å². The largest absolute Gasteiger partial charge is 2.00 e. The maximum atomic E-state index is 6.30. The van der Waals surface area contributed by atoms with Gasteiger partial charge in [-0.25, -0.2) is 9.97 Å². The van der Waals surface area contributed by atoms with Crippen molar-refractivity contribution in [2.45, 2.75) is 79.1 Å². The second-order valence-corrected chi connectivity index (χ2v) is 25.5. The van der Waals surface area contributed by atoms with E-state index in [2.05, 4.69) is 270 Å². The van der Waals surface area contributed by atoms with Crippen molar-refractivity contribution in [1.82, 2.24) is 19.9 Å². The summed E-state index contributed by atoms with van der Waals surface area (Å²) in [5.74, 6) is 0. The summed E-state index contributed by atoms with van der Waals surface area (Å²) in [6.45, 7) is 9.04. The van der Waals surface area contributed by atoms with Crippen LogP contribution in [0.15, 0.2) is 243 Å². The average Bonchev–Trinajstić information content (AvgIpc) is 1.57. The first-order chi connectivity index (χ1) is 45.4. The molecule has 93 heavy (non-hydrogen) atoms. The van der Waals surface area contributed by atoms with Crippen LogP contribution in [0.1, 0.15) is 75.6 Å². The Morgan fingerprint density at radius 2 is 0.441 bits per heavy atom. The van der Waals surface area contributed by atoms with Crippen LogP contribution in [0.3, 0.4) is 0 Å². The van der Waals surface area contributed by atoms with E-state index in [-0.39, 0.29) is 20.4 Å². The molecule has 450 valence electrons. The molecular formula is C88H68N4Pd. The third kappa shape index (κ3) is 9.92. The molecule has 5 heteroatoms. The average molecular weight is 1290 g/mol. The van der Waals surface area contributed by atoms with Crippen LogP contribution in [0.4, 0.5) is 0 Å². The van der Waals surface area contributed by atoms with E-state index in [4.69, 9.17) is 19.9 Å². The maximum absolute atomic E-state index is 6.30. The van der Waals surface area contributed by atoms with Crippen LogP contribution in [0, 0.1) is 0 Å². The summed E-state index contributed by atoms with van der Waals surface area (Å²) in [7, 11) is 0. The fourth-order valence-electron chi connectivity index (χ4n) is 15.0. The molecule has 3 aliphatic rings. The van der Waals surface area contributed by atoms with Gasteiger partial charge in [0.1, 0.15) is 0 Å². The number of aromatic nitrogens is 4. The number of nitrogens with zero attached hydrogens (tertiary/aromatic N) is 4. The van der Waals surface area contributed by atoms with Crippen molar-refractivity contribution in [1.29, 1.82) is 0 Å². The van der Waals surface area contributed by atoms with Gasteiger partial charge < -0.3 is 9.97 Å². The SMILES string of the molecule is CCCc1ccc(-c2c3nc(c(-c4ccc(CCC)cc4)c4[n-]c(c(-c5ccc(CCC)cc5)c5nc(c(-c6ccc(CCC)cc6)c6[n-]c2c2cc7ccccc7cc62)-c2cc6ccccc6cc2-5)c2cc5ccccc5cc42)-c2cc4ccccc4cc2-3)cc1.[Pd+2]. The minimum atomic E-state index is 0. The zero-order valence-electron chi connectivity index (χ0n) is 52.9. The van der Waals surface area contributed by atoms with Crippen LogP contribution in [-0.4, -0.2) is 9.97 Å². The first-order valence-electron chi connectivity index (χ1n) is 33.2. The Balaban J connectivity index is 0.00000686. The summed E-state index contributed by atoms with van der Waals surface area (Å²) in [6, 6.07) is 91.5. The Labute approximate surface area is 556 Å². The quantitative estimate of drug-likeness (QED) is 0.114. The summed E-state index contributed by atoms with van der Waals surface area (Å²) in [5, 5.41) is 13.4. The molecule has 8 bridgehead atoms. The van der Waals surface area contributed by atoms with E-state index in [1.54, 1.807) is 0 Å².